The topological polar surface area (TPSA) is 97.4 Å². The number of aryl methyl sites for hydroxylation is 1. The maximum atomic E-state index is 13.8. The second-order valence-corrected chi connectivity index (χ2v) is 13.6. The quantitative estimate of drug-likeness (QED) is 0.595. The summed E-state index contributed by atoms with van der Waals surface area (Å²) in [4.78, 5) is 42.8. The van der Waals surface area contributed by atoms with Crippen molar-refractivity contribution in [2.24, 2.45) is 11.8 Å². The van der Waals surface area contributed by atoms with Gasteiger partial charge in [-0.15, -0.1) is 0 Å². The van der Waals surface area contributed by atoms with E-state index < -0.39 is 23.8 Å². The predicted molar refractivity (Wildman–Crippen MR) is 150 cm³/mol. The van der Waals surface area contributed by atoms with E-state index in [1.54, 1.807) is 32.6 Å². The first-order chi connectivity index (χ1) is 18.7. The zero-order chi connectivity index (χ0) is 29.0. The third-order valence-electron chi connectivity index (χ3n) is 8.89. The van der Waals surface area contributed by atoms with E-state index in [1.807, 2.05) is 4.90 Å². The number of carbonyl (C=O) groups excluding carboxylic acids is 3. The molecule has 0 radical (unpaired) electrons. The molecular weight excluding hydrogens is 510 g/mol. The van der Waals surface area contributed by atoms with Gasteiger partial charge in [0.05, 0.1) is 12.2 Å². The van der Waals surface area contributed by atoms with Gasteiger partial charge in [0, 0.05) is 37.0 Å². The van der Waals surface area contributed by atoms with Crippen LogP contribution in [0.4, 0.5) is 4.79 Å². The molecule has 0 saturated carbocycles. The van der Waals surface area contributed by atoms with Gasteiger partial charge < -0.3 is 29.3 Å². The van der Waals surface area contributed by atoms with Gasteiger partial charge >= 0.3 is 6.09 Å². The van der Waals surface area contributed by atoms with Gasteiger partial charge in [0.2, 0.25) is 11.8 Å². The lowest BCUT2D eigenvalue weighted by Crippen LogP contribution is -2.58. The van der Waals surface area contributed by atoms with E-state index in [0.717, 1.165) is 30.6 Å². The Kier molecular flexibility index (Phi) is 7.57. The molecule has 0 unspecified atom stereocenters. The Morgan fingerprint density at radius 3 is 2.62 bits per heavy atom. The molecule has 1 N–H and O–H groups in total. The Morgan fingerprint density at radius 2 is 1.90 bits per heavy atom. The summed E-state index contributed by atoms with van der Waals surface area (Å²) >= 11 is 0. The van der Waals surface area contributed by atoms with Crippen LogP contribution >= 0.6 is 0 Å². The minimum Gasteiger partial charge on any atom is -0.487 e. The summed E-state index contributed by atoms with van der Waals surface area (Å²) in [5.74, 6) is 1.06. The third kappa shape index (κ3) is 5.67. The highest BCUT2D eigenvalue weighted by Crippen LogP contribution is 2.53. The summed E-state index contributed by atoms with van der Waals surface area (Å²) in [7, 11) is 0. The maximum Gasteiger partial charge on any atom is 0.408 e. The van der Waals surface area contributed by atoms with Crippen molar-refractivity contribution >= 4 is 17.9 Å². The Balaban J connectivity index is 1.24. The van der Waals surface area contributed by atoms with E-state index in [1.165, 1.54) is 5.56 Å². The minimum absolute atomic E-state index is 0.00383. The molecule has 3 fully saturated rings. The van der Waals surface area contributed by atoms with Crippen molar-refractivity contribution in [3.63, 3.8) is 0 Å². The summed E-state index contributed by atoms with van der Waals surface area (Å²) in [5, 5.41) is 2.63. The SMILES string of the molecule is Cc1ccc2c(c1)OC(C)(C)[C@@H]1C[C@H]3CN(C(=O)[C@@H]4CCCN4C(=O)[C@@H](C)NC(=O)OC(C)(C)C)CC[C@H]3O[C@@H]21. The zero-order valence-electron chi connectivity index (χ0n) is 25.0. The molecule has 1 aromatic rings. The summed E-state index contributed by atoms with van der Waals surface area (Å²) in [6, 6.07) is 5.07. The van der Waals surface area contributed by atoms with Crippen LogP contribution in [0.5, 0.6) is 5.75 Å². The largest absolute Gasteiger partial charge is 0.487 e. The first kappa shape index (κ1) is 28.7. The molecule has 0 spiro atoms. The van der Waals surface area contributed by atoms with Gasteiger partial charge in [-0.3, -0.25) is 9.59 Å². The first-order valence-electron chi connectivity index (χ1n) is 14.8. The van der Waals surface area contributed by atoms with E-state index in [4.69, 9.17) is 14.2 Å². The highest BCUT2D eigenvalue weighted by atomic mass is 16.6. The first-order valence-corrected chi connectivity index (χ1v) is 14.8. The molecule has 5 rings (SSSR count). The average Bonchev–Trinajstić information content (AvgIpc) is 3.35. The molecular formula is C31H45N3O6. The number of nitrogens with zero attached hydrogens (tertiary/aromatic N) is 2. The monoisotopic (exact) mass is 555 g/mol. The van der Waals surface area contributed by atoms with Crippen LogP contribution in [0.15, 0.2) is 18.2 Å². The van der Waals surface area contributed by atoms with Crippen LogP contribution in [0.3, 0.4) is 0 Å². The summed E-state index contributed by atoms with van der Waals surface area (Å²) < 4.78 is 18.6. The van der Waals surface area contributed by atoms with Crippen molar-refractivity contribution in [1.82, 2.24) is 15.1 Å². The molecule has 9 nitrogen and oxygen atoms in total. The smallest absolute Gasteiger partial charge is 0.408 e. The molecule has 4 heterocycles. The molecule has 0 aliphatic carbocycles. The van der Waals surface area contributed by atoms with E-state index in [-0.39, 0.29) is 41.5 Å². The van der Waals surface area contributed by atoms with Crippen LogP contribution in [0.1, 0.15) is 84.5 Å². The number of piperidine rings is 1. The van der Waals surface area contributed by atoms with Crippen LogP contribution in [-0.4, -0.2) is 76.7 Å². The molecule has 0 bridgehead atoms. The second-order valence-electron chi connectivity index (χ2n) is 13.6. The molecule has 3 saturated heterocycles. The van der Waals surface area contributed by atoms with Crippen molar-refractivity contribution in [3.8, 4) is 5.75 Å². The Bertz CT molecular complexity index is 1160. The van der Waals surface area contributed by atoms with Gasteiger partial charge in [0.25, 0.3) is 0 Å². The molecule has 4 aliphatic heterocycles. The third-order valence-corrected chi connectivity index (χ3v) is 8.89. The molecule has 9 heteroatoms. The molecule has 3 amide bonds. The number of hydrogen-bond donors (Lipinski definition) is 1. The highest BCUT2D eigenvalue weighted by Gasteiger charge is 2.52. The number of nitrogens with one attached hydrogen (secondary N) is 1. The number of carbonyl (C=O) groups is 3. The molecule has 220 valence electrons. The number of rotatable bonds is 3. The summed E-state index contributed by atoms with van der Waals surface area (Å²) in [6.07, 6.45) is 2.53. The van der Waals surface area contributed by atoms with Gasteiger partial charge in [0.1, 0.15) is 29.0 Å². The number of benzene rings is 1. The van der Waals surface area contributed by atoms with Gasteiger partial charge in [0.15, 0.2) is 0 Å². The number of alkyl carbamates (subject to hydrolysis) is 1. The lowest BCUT2D eigenvalue weighted by molar-refractivity contribution is -0.189. The van der Waals surface area contributed by atoms with Crippen LogP contribution in [0, 0.1) is 18.8 Å². The highest BCUT2D eigenvalue weighted by molar-refractivity contribution is 5.91. The molecule has 6 atom stereocenters. The second kappa shape index (κ2) is 10.5. The zero-order valence-corrected chi connectivity index (χ0v) is 25.0. The number of amides is 3. The fourth-order valence-electron chi connectivity index (χ4n) is 6.90. The fraction of sp³-hybridized carbons (Fsp3) is 0.710. The normalized spacial score (nSPS) is 29.8. The van der Waals surface area contributed by atoms with Crippen LogP contribution in [-0.2, 0) is 19.1 Å². The standard InChI is InChI=1S/C31H45N3O6/c1-18-10-11-21-25(15-18)39-31(6,7)22-16-20-17-33(14-12-24(20)38-26(21)22)28(36)23-9-8-13-34(23)27(35)19(2)32-29(37)40-30(3,4)5/h10-11,15,19-20,22-24,26H,8-9,12-14,16-17H2,1-7H3,(H,32,37)/t19-,20+,22-,23+,24-,26+/m1/s1. The van der Waals surface area contributed by atoms with Gasteiger partial charge in [-0.2, -0.15) is 0 Å². The van der Waals surface area contributed by atoms with Crippen molar-refractivity contribution in [2.45, 2.75) is 110 Å². The summed E-state index contributed by atoms with van der Waals surface area (Å²) in [6.45, 7) is 15.1. The van der Waals surface area contributed by atoms with E-state index in [0.29, 0.717) is 26.1 Å². The number of ether oxygens (including phenoxy) is 3. The Hall–Kier alpha value is -2.81. The molecule has 40 heavy (non-hydrogen) atoms. The van der Waals surface area contributed by atoms with Crippen molar-refractivity contribution in [1.29, 1.82) is 0 Å². The lowest BCUT2D eigenvalue weighted by Gasteiger charge is -2.53. The van der Waals surface area contributed by atoms with Gasteiger partial charge in [-0.05, 0) is 85.8 Å². The molecule has 1 aromatic carbocycles. The fourth-order valence-corrected chi connectivity index (χ4v) is 6.90. The number of hydrogen-bond acceptors (Lipinski definition) is 6. The number of fused-ring (bicyclic) bond motifs is 4. The van der Waals surface area contributed by atoms with E-state index in [2.05, 4.69) is 44.3 Å². The van der Waals surface area contributed by atoms with Crippen LogP contribution < -0.4 is 10.1 Å². The molecule has 4 aliphatic rings. The van der Waals surface area contributed by atoms with Crippen molar-refractivity contribution in [3.05, 3.63) is 29.3 Å². The number of likely N-dealkylation sites (tertiary alicyclic amines) is 2. The predicted octanol–water partition coefficient (Wildman–Crippen LogP) is 4.36. The van der Waals surface area contributed by atoms with E-state index >= 15 is 0 Å². The van der Waals surface area contributed by atoms with Crippen LogP contribution in [0.25, 0.3) is 0 Å². The Morgan fingerprint density at radius 1 is 1.15 bits per heavy atom. The van der Waals surface area contributed by atoms with Gasteiger partial charge in [-0.1, -0.05) is 12.1 Å². The molecule has 0 aromatic heterocycles. The maximum absolute atomic E-state index is 13.8. The van der Waals surface area contributed by atoms with Crippen LogP contribution in [0.2, 0.25) is 0 Å². The van der Waals surface area contributed by atoms with Crippen molar-refractivity contribution in [2.75, 3.05) is 19.6 Å². The Labute approximate surface area is 237 Å². The van der Waals surface area contributed by atoms with E-state index in [9.17, 15) is 14.4 Å². The average molecular weight is 556 g/mol. The van der Waals surface area contributed by atoms with Gasteiger partial charge in [-0.25, -0.2) is 4.79 Å². The minimum atomic E-state index is -0.780. The lowest BCUT2D eigenvalue weighted by atomic mass is 9.70. The van der Waals surface area contributed by atoms with Crippen molar-refractivity contribution < 1.29 is 28.6 Å². The summed E-state index contributed by atoms with van der Waals surface area (Å²) in [5.41, 5.74) is 1.26.